The largest absolute Gasteiger partial charge is 0.436 e. The SMILES string of the molecule is c1ccc(N(c2ccc(-c3nc4ccccc4o3)cc2)c2ccc3c(ccc4c5cc(N(c6ccc(-c7nc8ccccc8s7)cc6)c6ccc(-c7nc8ccccc8s7)cc6)ccc5sc34)c2)cc1. The Morgan fingerprint density at radius 2 is 0.829 bits per heavy atom. The molecule has 0 aliphatic rings. The lowest BCUT2D eigenvalue weighted by atomic mass is 10.0. The number of nitrogens with zero attached hydrogens (tertiary/aromatic N) is 5. The number of hydrogen-bond donors (Lipinski definition) is 0. The van der Waals surface area contributed by atoms with Crippen molar-refractivity contribution in [3.8, 4) is 32.6 Å². The van der Waals surface area contributed by atoms with E-state index in [1.165, 1.54) is 40.3 Å². The summed E-state index contributed by atoms with van der Waals surface area (Å²) in [5, 5.41) is 6.93. The lowest BCUT2D eigenvalue weighted by Crippen LogP contribution is -2.09. The van der Waals surface area contributed by atoms with E-state index in [0.717, 1.165) is 83.0 Å². The summed E-state index contributed by atoms with van der Waals surface area (Å²) < 4.78 is 11.0. The van der Waals surface area contributed by atoms with Crippen LogP contribution in [0.3, 0.4) is 0 Å². The molecule has 0 N–H and O–H groups in total. The van der Waals surface area contributed by atoms with Crippen LogP contribution < -0.4 is 9.80 Å². The molecular formula is C61H37N5OS3. The van der Waals surface area contributed by atoms with Gasteiger partial charge in [-0.05, 0) is 162 Å². The van der Waals surface area contributed by atoms with E-state index in [4.69, 9.17) is 19.4 Å². The van der Waals surface area contributed by atoms with Gasteiger partial charge in [0.1, 0.15) is 15.5 Å². The van der Waals surface area contributed by atoms with Gasteiger partial charge in [-0.1, -0.05) is 72.8 Å². The monoisotopic (exact) mass is 951 g/mol. The number of fused-ring (bicyclic) bond motifs is 8. The van der Waals surface area contributed by atoms with Gasteiger partial charge in [0.15, 0.2) is 5.58 Å². The fourth-order valence-corrected chi connectivity index (χ4v) is 12.7. The van der Waals surface area contributed by atoms with Crippen LogP contribution in [-0.4, -0.2) is 15.0 Å². The predicted octanol–water partition coefficient (Wildman–Crippen LogP) is 18.5. The normalized spacial score (nSPS) is 11.7. The maximum Gasteiger partial charge on any atom is 0.227 e. The molecule has 14 aromatic rings. The van der Waals surface area contributed by atoms with Gasteiger partial charge in [0.05, 0.1) is 20.4 Å². The van der Waals surface area contributed by atoms with Crippen LogP contribution >= 0.6 is 34.0 Å². The van der Waals surface area contributed by atoms with Gasteiger partial charge < -0.3 is 14.2 Å². The van der Waals surface area contributed by atoms with E-state index >= 15 is 0 Å². The predicted molar refractivity (Wildman–Crippen MR) is 296 cm³/mol. The molecule has 9 heteroatoms. The molecule has 0 radical (unpaired) electrons. The average molecular weight is 952 g/mol. The van der Waals surface area contributed by atoms with Gasteiger partial charge in [-0.15, -0.1) is 34.0 Å². The third-order valence-electron chi connectivity index (χ3n) is 12.9. The number of benzene rings is 10. The first-order chi connectivity index (χ1) is 34.6. The van der Waals surface area contributed by atoms with E-state index in [0.29, 0.717) is 5.89 Å². The van der Waals surface area contributed by atoms with E-state index < -0.39 is 0 Å². The van der Waals surface area contributed by atoms with Crippen molar-refractivity contribution in [3.63, 3.8) is 0 Å². The van der Waals surface area contributed by atoms with Crippen molar-refractivity contribution in [3.05, 3.63) is 224 Å². The molecule has 4 heterocycles. The quantitative estimate of drug-likeness (QED) is 0.144. The van der Waals surface area contributed by atoms with Gasteiger partial charge in [0.2, 0.25) is 5.89 Å². The van der Waals surface area contributed by atoms with E-state index in [1.807, 2.05) is 47.7 Å². The molecule has 10 aromatic carbocycles. The molecule has 0 spiro atoms. The van der Waals surface area contributed by atoms with Gasteiger partial charge >= 0.3 is 0 Å². The number of thiazole rings is 2. The summed E-state index contributed by atoms with van der Waals surface area (Å²) in [6.07, 6.45) is 0. The Bertz CT molecular complexity index is 4030. The van der Waals surface area contributed by atoms with Crippen molar-refractivity contribution in [1.82, 2.24) is 15.0 Å². The molecule has 0 atom stereocenters. The standard InChI is InChI=1S/C61H37N5OS3/c1-2-10-42(11-3-1)65(43-25-18-38(19-26-43)59-62-51-12-4-7-15-54(51)67-59)46-31-34-48-41(36-46)24-33-49-50-37-47(32-35-55(50)68-58(48)49)66(44-27-20-39(21-28-44)60-63-52-13-5-8-16-56(52)69-60)45-29-22-40(23-30-45)61-64-53-14-6-9-17-57(53)70-61/h1-37H. The lowest BCUT2D eigenvalue weighted by molar-refractivity contribution is 0.620. The Labute approximate surface area is 414 Å². The Morgan fingerprint density at radius 3 is 1.44 bits per heavy atom. The van der Waals surface area contributed by atoms with Gasteiger partial charge in [-0.3, -0.25) is 0 Å². The summed E-state index contributed by atoms with van der Waals surface area (Å²) in [6, 6.07) is 79.6. The summed E-state index contributed by atoms with van der Waals surface area (Å²) in [6.45, 7) is 0. The highest BCUT2D eigenvalue weighted by atomic mass is 32.1. The highest BCUT2D eigenvalue weighted by molar-refractivity contribution is 7.26. The van der Waals surface area contributed by atoms with Gasteiger partial charge in [-0.25, -0.2) is 15.0 Å². The third kappa shape index (κ3) is 7.10. The molecular weight excluding hydrogens is 915 g/mol. The zero-order valence-corrected chi connectivity index (χ0v) is 39.7. The molecule has 70 heavy (non-hydrogen) atoms. The van der Waals surface area contributed by atoms with Crippen molar-refractivity contribution in [2.75, 3.05) is 9.80 Å². The number of rotatable bonds is 9. The Morgan fingerprint density at radius 1 is 0.329 bits per heavy atom. The molecule has 0 bridgehead atoms. The topological polar surface area (TPSA) is 58.3 Å². The fourth-order valence-electron chi connectivity index (χ4n) is 9.53. The first-order valence-electron chi connectivity index (χ1n) is 23.1. The molecule has 0 saturated heterocycles. The van der Waals surface area contributed by atoms with Crippen LogP contribution in [0.2, 0.25) is 0 Å². The zero-order chi connectivity index (χ0) is 46.1. The zero-order valence-electron chi connectivity index (χ0n) is 37.2. The van der Waals surface area contributed by atoms with E-state index in [-0.39, 0.29) is 0 Å². The van der Waals surface area contributed by atoms with Crippen LogP contribution in [0.1, 0.15) is 0 Å². The van der Waals surface area contributed by atoms with Gasteiger partial charge in [0, 0.05) is 71.0 Å². The molecule has 6 nitrogen and oxygen atoms in total. The minimum Gasteiger partial charge on any atom is -0.436 e. The maximum absolute atomic E-state index is 6.11. The molecule has 330 valence electrons. The van der Waals surface area contributed by atoms with E-state index in [2.05, 4.69) is 198 Å². The van der Waals surface area contributed by atoms with Crippen LogP contribution in [0.4, 0.5) is 34.1 Å². The number of thiophene rings is 1. The minimum atomic E-state index is 0.613. The summed E-state index contributed by atoms with van der Waals surface area (Å²) in [5.41, 5.74) is 13.3. The van der Waals surface area contributed by atoms with Crippen molar-refractivity contribution >= 4 is 131 Å². The first kappa shape index (κ1) is 40.6. The van der Waals surface area contributed by atoms with Crippen LogP contribution in [0, 0.1) is 0 Å². The third-order valence-corrected chi connectivity index (χ3v) is 16.3. The molecule has 0 unspecified atom stereocenters. The maximum atomic E-state index is 6.11. The second-order valence-electron chi connectivity index (χ2n) is 17.2. The average Bonchev–Trinajstić information content (AvgIpc) is 4.24. The summed E-state index contributed by atoms with van der Waals surface area (Å²) in [4.78, 5) is 19.3. The molecule has 0 aliphatic carbocycles. The summed E-state index contributed by atoms with van der Waals surface area (Å²) in [7, 11) is 0. The van der Waals surface area contributed by atoms with Crippen LogP contribution in [0.5, 0.6) is 0 Å². The molecule has 0 amide bonds. The number of oxazole rings is 1. The number of anilines is 6. The highest BCUT2D eigenvalue weighted by Crippen LogP contribution is 2.45. The Balaban J connectivity index is 0.836. The van der Waals surface area contributed by atoms with E-state index in [1.54, 1.807) is 22.7 Å². The Hall–Kier alpha value is -8.47. The first-order valence-corrected chi connectivity index (χ1v) is 25.5. The van der Waals surface area contributed by atoms with Crippen LogP contribution in [0.25, 0.3) is 95.1 Å². The number of para-hydroxylation sites is 5. The number of hydrogen-bond acceptors (Lipinski definition) is 9. The smallest absolute Gasteiger partial charge is 0.227 e. The van der Waals surface area contributed by atoms with Gasteiger partial charge in [0.25, 0.3) is 0 Å². The highest BCUT2D eigenvalue weighted by Gasteiger charge is 2.20. The number of aromatic nitrogens is 3. The molecule has 4 aromatic heterocycles. The molecule has 0 saturated carbocycles. The van der Waals surface area contributed by atoms with Crippen molar-refractivity contribution in [2.45, 2.75) is 0 Å². The fraction of sp³-hybridized carbons (Fsp3) is 0. The van der Waals surface area contributed by atoms with Gasteiger partial charge in [-0.2, -0.15) is 0 Å². The van der Waals surface area contributed by atoms with Crippen molar-refractivity contribution in [2.24, 2.45) is 0 Å². The lowest BCUT2D eigenvalue weighted by Gasteiger charge is -2.26. The summed E-state index contributed by atoms with van der Waals surface area (Å²) in [5.74, 6) is 0.613. The second kappa shape index (κ2) is 16.6. The molecule has 14 rings (SSSR count). The van der Waals surface area contributed by atoms with Crippen LogP contribution in [-0.2, 0) is 0 Å². The molecule has 0 fully saturated rings. The second-order valence-corrected chi connectivity index (χ2v) is 20.4. The summed E-state index contributed by atoms with van der Waals surface area (Å²) >= 11 is 5.31. The van der Waals surface area contributed by atoms with Crippen molar-refractivity contribution < 1.29 is 4.42 Å². The van der Waals surface area contributed by atoms with E-state index in [9.17, 15) is 0 Å². The minimum absolute atomic E-state index is 0.613. The van der Waals surface area contributed by atoms with Crippen molar-refractivity contribution in [1.29, 1.82) is 0 Å². The molecule has 0 aliphatic heterocycles. The Kier molecular flexibility index (Phi) is 9.65. The van der Waals surface area contributed by atoms with Crippen LogP contribution in [0.15, 0.2) is 229 Å².